The van der Waals surface area contributed by atoms with Gasteiger partial charge in [-0.1, -0.05) is 6.92 Å². The maximum atomic E-state index is 3.73. The molecule has 0 aromatic heterocycles. The van der Waals surface area contributed by atoms with E-state index >= 15 is 0 Å². The van der Waals surface area contributed by atoms with Crippen LogP contribution in [-0.2, 0) is 0 Å². The van der Waals surface area contributed by atoms with Crippen LogP contribution in [0.15, 0.2) is 0 Å². The Kier molecular flexibility index (Phi) is 4.45. The van der Waals surface area contributed by atoms with E-state index in [0.717, 1.165) is 12.0 Å². The monoisotopic (exact) mass is 210 g/mol. The van der Waals surface area contributed by atoms with Crippen LogP contribution in [0.4, 0.5) is 0 Å². The second kappa shape index (κ2) is 5.86. The fourth-order valence-corrected chi connectivity index (χ4v) is 2.74. The normalized spacial score (nSPS) is 24.6. The molecule has 0 bridgehead atoms. The topological polar surface area (TPSA) is 15.3 Å². The Morgan fingerprint density at radius 2 is 2.00 bits per heavy atom. The summed E-state index contributed by atoms with van der Waals surface area (Å²) in [5, 5.41) is 3.73. The summed E-state index contributed by atoms with van der Waals surface area (Å²) in [5.41, 5.74) is 0. The van der Waals surface area contributed by atoms with Crippen molar-refractivity contribution in [3.8, 4) is 0 Å². The van der Waals surface area contributed by atoms with Crippen molar-refractivity contribution < 1.29 is 0 Å². The number of nitrogens with zero attached hydrogens (tertiary/aromatic N) is 1. The molecule has 1 aliphatic carbocycles. The van der Waals surface area contributed by atoms with Crippen LogP contribution in [0.25, 0.3) is 0 Å². The first-order valence-electron chi connectivity index (χ1n) is 6.86. The predicted octanol–water partition coefficient (Wildman–Crippen LogP) is 2.25. The highest BCUT2D eigenvalue weighted by Crippen LogP contribution is 2.33. The molecule has 2 fully saturated rings. The van der Waals surface area contributed by atoms with E-state index in [1.807, 2.05) is 0 Å². The van der Waals surface area contributed by atoms with Gasteiger partial charge in [0.2, 0.25) is 0 Å². The summed E-state index contributed by atoms with van der Waals surface area (Å²) in [6.45, 7) is 7.55. The van der Waals surface area contributed by atoms with Crippen molar-refractivity contribution >= 4 is 0 Å². The summed E-state index contributed by atoms with van der Waals surface area (Å²) in [4.78, 5) is 2.61. The molecule has 1 saturated heterocycles. The Hall–Kier alpha value is -0.0800. The summed E-state index contributed by atoms with van der Waals surface area (Å²) >= 11 is 0. The number of likely N-dealkylation sites (tertiary alicyclic amines) is 1. The van der Waals surface area contributed by atoms with Crippen LogP contribution >= 0.6 is 0 Å². The van der Waals surface area contributed by atoms with E-state index in [1.54, 1.807) is 0 Å². The van der Waals surface area contributed by atoms with Crippen molar-refractivity contribution in [3.63, 3.8) is 0 Å². The minimum absolute atomic E-state index is 0.823. The summed E-state index contributed by atoms with van der Waals surface area (Å²) in [7, 11) is 0. The maximum Gasteiger partial charge on any atom is 0.00927 e. The molecule has 1 aliphatic heterocycles. The van der Waals surface area contributed by atoms with Gasteiger partial charge in [0, 0.05) is 6.04 Å². The third-order valence-corrected chi connectivity index (χ3v) is 3.89. The first-order valence-corrected chi connectivity index (χ1v) is 6.86. The first kappa shape index (κ1) is 11.4. The first-order chi connectivity index (χ1) is 7.40. The predicted molar refractivity (Wildman–Crippen MR) is 65.1 cm³/mol. The molecule has 15 heavy (non-hydrogen) atoms. The largest absolute Gasteiger partial charge is 0.314 e. The van der Waals surface area contributed by atoms with E-state index in [4.69, 9.17) is 0 Å². The highest BCUT2D eigenvalue weighted by molar-refractivity contribution is 4.85. The average molecular weight is 210 g/mol. The maximum absolute atomic E-state index is 3.73. The number of hydrogen-bond donors (Lipinski definition) is 1. The van der Waals surface area contributed by atoms with Crippen molar-refractivity contribution in [3.05, 3.63) is 0 Å². The number of hydrogen-bond acceptors (Lipinski definition) is 2. The lowest BCUT2D eigenvalue weighted by Gasteiger charge is -2.18. The fraction of sp³-hybridized carbons (Fsp3) is 1.00. The molecule has 88 valence electrons. The lowest BCUT2D eigenvalue weighted by atomic mass is 10.1. The minimum atomic E-state index is 0.823. The van der Waals surface area contributed by atoms with Crippen LogP contribution in [-0.4, -0.2) is 37.1 Å². The molecule has 1 saturated carbocycles. The Bertz CT molecular complexity index is 171. The molecular formula is C13H26N2. The van der Waals surface area contributed by atoms with Gasteiger partial charge in [0.15, 0.2) is 0 Å². The van der Waals surface area contributed by atoms with Crippen molar-refractivity contribution in [1.82, 2.24) is 10.2 Å². The molecule has 2 nitrogen and oxygen atoms in total. The number of nitrogens with one attached hydrogen (secondary N) is 1. The zero-order chi connectivity index (χ0) is 10.5. The van der Waals surface area contributed by atoms with Crippen LogP contribution in [0.1, 0.15) is 45.4 Å². The van der Waals surface area contributed by atoms with Crippen LogP contribution in [0, 0.1) is 5.92 Å². The highest BCUT2D eigenvalue weighted by Gasteiger charge is 2.29. The van der Waals surface area contributed by atoms with E-state index < -0.39 is 0 Å². The molecule has 2 aliphatic rings. The Labute approximate surface area is 94.4 Å². The van der Waals surface area contributed by atoms with Gasteiger partial charge in [-0.15, -0.1) is 0 Å². The molecule has 0 aromatic carbocycles. The van der Waals surface area contributed by atoms with Gasteiger partial charge in [-0.25, -0.2) is 0 Å². The Morgan fingerprint density at radius 1 is 1.27 bits per heavy atom. The fourth-order valence-electron chi connectivity index (χ4n) is 2.74. The van der Waals surface area contributed by atoms with Gasteiger partial charge < -0.3 is 10.2 Å². The summed E-state index contributed by atoms with van der Waals surface area (Å²) < 4.78 is 0. The van der Waals surface area contributed by atoms with E-state index in [9.17, 15) is 0 Å². The summed E-state index contributed by atoms with van der Waals surface area (Å²) in [6.07, 6.45) is 8.44. The van der Waals surface area contributed by atoms with Gasteiger partial charge in [0.25, 0.3) is 0 Å². The summed E-state index contributed by atoms with van der Waals surface area (Å²) in [6, 6.07) is 0.823. The summed E-state index contributed by atoms with van der Waals surface area (Å²) in [5.74, 6) is 1.02. The Balaban J connectivity index is 1.49. The SMILES string of the molecule is CCC(NCCCN1CCCC1)C1CC1. The van der Waals surface area contributed by atoms with Crippen LogP contribution in [0.3, 0.4) is 0 Å². The van der Waals surface area contributed by atoms with Crippen molar-refractivity contribution in [1.29, 1.82) is 0 Å². The second-order valence-corrected chi connectivity index (χ2v) is 5.21. The third kappa shape index (κ3) is 3.76. The van der Waals surface area contributed by atoms with Crippen LogP contribution in [0.5, 0.6) is 0 Å². The zero-order valence-electron chi connectivity index (χ0n) is 10.2. The van der Waals surface area contributed by atoms with Gasteiger partial charge in [0.1, 0.15) is 0 Å². The second-order valence-electron chi connectivity index (χ2n) is 5.21. The quantitative estimate of drug-likeness (QED) is 0.648. The van der Waals surface area contributed by atoms with Gasteiger partial charge in [-0.3, -0.25) is 0 Å². The molecular weight excluding hydrogens is 184 g/mol. The zero-order valence-corrected chi connectivity index (χ0v) is 10.2. The molecule has 2 rings (SSSR count). The van der Waals surface area contributed by atoms with Crippen LogP contribution < -0.4 is 5.32 Å². The van der Waals surface area contributed by atoms with Crippen molar-refractivity contribution in [2.45, 2.75) is 51.5 Å². The molecule has 1 unspecified atom stereocenters. The average Bonchev–Trinajstić information content (AvgIpc) is 2.95. The molecule has 0 radical (unpaired) electrons. The van der Waals surface area contributed by atoms with Crippen LogP contribution in [0.2, 0.25) is 0 Å². The lowest BCUT2D eigenvalue weighted by Crippen LogP contribution is -2.33. The van der Waals surface area contributed by atoms with Gasteiger partial charge in [-0.05, 0) is 70.6 Å². The van der Waals surface area contributed by atoms with E-state index in [1.165, 1.54) is 64.7 Å². The highest BCUT2D eigenvalue weighted by atomic mass is 15.1. The molecule has 2 heteroatoms. The molecule has 0 aromatic rings. The smallest absolute Gasteiger partial charge is 0.00927 e. The molecule has 0 amide bonds. The van der Waals surface area contributed by atoms with E-state index in [0.29, 0.717) is 0 Å². The Morgan fingerprint density at radius 3 is 2.60 bits per heavy atom. The standard InChI is InChI=1S/C13H26N2/c1-2-13(12-6-7-12)14-8-5-11-15-9-3-4-10-15/h12-14H,2-11H2,1H3. The molecule has 1 atom stereocenters. The molecule has 0 spiro atoms. The molecule has 1 N–H and O–H groups in total. The minimum Gasteiger partial charge on any atom is -0.314 e. The van der Waals surface area contributed by atoms with E-state index in [2.05, 4.69) is 17.1 Å². The van der Waals surface area contributed by atoms with Crippen molar-refractivity contribution in [2.75, 3.05) is 26.2 Å². The number of rotatable bonds is 7. The van der Waals surface area contributed by atoms with E-state index in [-0.39, 0.29) is 0 Å². The van der Waals surface area contributed by atoms with Gasteiger partial charge in [0.05, 0.1) is 0 Å². The molecule has 1 heterocycles. The van der Waals surface area contributed by atoms with Crippen molar-refractivity contribution in [2.24, 2.45) is 5.92 Å². The third-order valence-electron chi connectivity index (χ3n) is 3.89. The van der Waals surface area contributed by atoms with Gasteiger partial charge in [-0.2, -0.15) is 0 Å². The lowest BCUT2D eigenvalue weighted by molar-refractivity contribution is 0.324. The van der Waals surface area contributed by atoms with Gasteiger partial charge >= 0.3 is 0 Å².